The highest BCUT2D eigenvalue weighted by atomic mass is 33.7. The normalized spacial score (nSPS) is 14.0. The summed E-state index contributed by atoms with van der Waals surface area (Å²) in [5.74, 6) is 0. The van der Waals surface area contributed by atoms with Crippen molar-refractivity contribution in [3.63, 3.8) is 0 Å². The Labute approximate surface area is 207 Å². The molecule has 0 saturated heterocycles. The average Bonchev–Trinajstić information content (AvgIpc) is 2.75. The summed E-state index contributed by atoms with van der Waals surface area (Å²) in [5, 5.41) is 0.926. The average molecular weight is 531 g/mol. The standard InChI is InChI=1S/C22H50O2S4Si2/c1-7-13-17-29(18-14-8-2)21(23-11-5)25-27-28-26-22(24-12-6)30(19-15-9-3)20-16-10-4/h21-22,29-30H,7-20H2,1-6H3. The predicted molar refractivity (Wildman–Crippen MR) is 154 cm³/mol. The molecule has 0 saturated carbocycles. The lowest BCUT2D eigenvalue weighted by atomic mass is 10.4. The monoisotopic (exact) mass is 530 g/mol. The molecule has 8 heteroatoms. The highest BCUT2D eigenvalue weighted by molar-refractivity contribution is 9.26. The second-order valence-corrected chi connectivity index (χ2v) is 21.6. The Hall–Kier alpha value is 1.75. The molecule has 2 nitrogen and oxygen atoms in total. The molecule has 30 heavy (non-hydrogen) atoms. The number of unbranched alkanes of at least 4 members (excludes halogenated alkanes) is 4. The van der Waals surface area contributed by atoms with Crippen LogP contribution in [0.25, 0.3) is 0 Å². The van der Waals surface area contributed by atoms with Crippen molar-refractivity contribution in [2.45, 2.75) is 127 Å². The van der Waals surface area contributed by atoms with Gasteiger partial charge in [0.2, 0.25) is 0 Å². The van der Waals surface area contributed by atoms with E-state index in [4.69, 9.17) is 9.47 Å². The molecule has 2 unspecified atom stereocenters. The fraction of sp³-hybridized carbons (Fsp3) is 1.00. The summed E-state index contributed by atoms with van der Waals surface area (Å²) in [6, 6.07) is 5.77. The third kappa shape index (κ3) is 16.4. The van der Waals surface area contributed by atoms with Crippen molar-refractivity contribution in [2.75, 3.05) is 13.2 Å². The molecule has 182 valence electrons. The van der Waals surface area contributed by atoms with Crippen LogP contribution in [0.3, 0.4) is 0 Å². The van der Waals surface area contributed by atoms with Gasteiger partial charge in [-0.25, -0.2) is 0 Å². The molecule has 0 spiro atoms. The van der Waals surface area contributed by atoms with Crippen molar-refractivity contribution in [1.82, 2.24) is 0 Å². The third-order valence-corrected chi connectivity index (χ3v) is 22.3. The van der Waals surface area contributed by atoms with Crippen molar-refractivity contribution in [3.05, 3.63) is 0 Å². The van der Waals surface area contributed by atoms with Gasteiger partial charge < -0.3 is 9.47 Å². The molecule has 0 N–H and O–H groups in total. The first kappa shape index (κ1) is 31.8. The zero-order valence-electron chi connectivity index (χ0n) is 20.7. The Balaban J connectivity index is 4.70. The van der Waals surface area contributed by atoms with Gasteiger partial charge in [0.1, 0.15) is 0 Å². The lowest BCUT2D eigenvalue weighted by Crippen LogP contribution is -2.30. The quantitative estimate of drug-likeness (QED) is 0.0563. The van der Waals surface area contributed by atoms with E-state index in [1.165, 1.54) is 75.5 Å². The van der Waals surface area contributed by atoms with E-state index in [-0.39, 0.29) is 0 Å². The molecular weight excluding hydrogens is 481 g/mol. The fourth-order valence-corrected chi connectivity index (χ4v) is 23.4. The van der Waals surface area contributed by atoms with Gasteiger partial charge in [-0.2, -0.15) is 0 Å². The molecule has 0 rings (SSSR count). The summed E-state index contributed by atoms with van der Waals surface area (Å²) in [6.07, 6.45) is 10.8. The smallest absolute Gasteiger partial charge is 0.0987 e. The van der Waals surface area contributed by atoms with E-state index in [0.717, 1.165) is 13.2 Å². The van der Waals surface area contributed by atoms with E-state index in [1.54, 1.807) is 0 Å². The van der Waals surface area contributed by atoms with Crippen molar-refractivity contribution in [1.29, 1.82) is 0 Å². The topological polar surface area (TPSA) is 18.5 Å². The van der Waals surface area contributed by atoms with Crippen LogP contribution in [-0.2, 0) is 9.47 Å². The zero-order chi connectivity index (χ0) is 22.5. The van der Waals surface area contributed by atoms with E-state index < -0.39 is 17.6 Å². The van der Waals surface area contributed by atoms with Gasteiger partial charge in [-0.05, 0) is 33.5 Å². The lowest BCUT2D eigenvalue weighted by Gasteiger charge is -2.26. The van der Waals surface area contributed by atoms with Crippen LogP contribution in [0.2, 0.25) is 24.2 Å². The first-order valence-corrected chi connectivity index (χ1v) is 22.1. The summed E-state index contributed by atoms with van der Waals surface area (Å²) >= 11 is 0. The fourth-order valence-electron chi connectivity index (χ4n) is 3.62. The van der Waals surface area contributed by atoms with Gasteiger partial charge in [0.05, 0.1) is 27.7 Å². The van der Waals surface area contributed by atoms with Gasteiger partial charge in [-0.15, -0.1) is 0 Å². The second-order valence-electron chi connectivity index (χ2n) is 8.07. The highest BCUT2D eigenvalue weighted by Crippen LogP contribution is 2.49. The molecule has 0 amide bonds. The minimum absolute atomic E-state index is 0.463. The lowest BCUT2D eigenvalue weighted by molar-refractivity contribution is 0.169. The van der Waals surface area contributed by atoms with Gasteiger partial charge in [-0.1, -0.05) is 125 Å². The molecule has 2 atom stereocenters. The molecule has 0 aromatic heterocycles. The van der Waals surface area contributed by atoms with E-state index >= 15 is 0 Å². The summed E-state index contributed by atoms with van der Waals surface area (Å²) in [7, 11) is 6.25. The van der Waals surface area contributed by atoms with E-state index in [9.17, 15) is 0 Å². The van der Waals surface area contributed by atoms with E-state index in [0.29, 0.717) is 10.1 Å². The van der Waals surface area contributed by atoms with Gasteiger partial charge >= 0.3 is 0 Å². The number of hydrogen-bond donors (Lipinski definition) is 0. The summed E-state index contributed by atoms with van der Waals surface area (Å²) in [5.41, 5.74) is 0. The van der Waals surface area contributed by atoms with Gasteiger partial charge in [-0.3, -0.25) is 0 Å². The summed E-state index contributed by atoms with van der Waals surface area (Å²) in [6.45, 7) is 15.3. The van der Waals surface area contributed by atoms with Crippen LogP contribution in [0, 0.1) is 0 Å². The molecule has 0 aromatic rings. The minimum Gasteiger partial charge on any atom is -0.371 e. The Kier molecular flexibility index (Phi) is 25.3. The Bertz CT molecular complexity index is 309. The van der Waals surface area contributed by atoms with Crippen LogP contribution >= 0.6 is 41.2 Å². The third-order valence-electron chi connectivity index (χ3n) is 5.44. The number of ether oxygens (including phenoxy) is 2. The van der Waals surface area contributed by atoms with Crippen LogP contribution in [0.5, 0.6) is 0 Å². The number of rotatable bonds is 23. The molecule has 0 aliphatic heterocycles. The molecule has 0 radical (unpaired) electrons. The van der Waals surface area contributed by atoms with E-state index in [2.05, 4.69) is 41.5 Å². The largest absolute Gasteiger partial charge is 0.371 e. The van der Waals surface area contributed by atoms with Crippen molar-refractivity contribution in [2.24, 2.45) is 0 Å². The second kappa shape index (κ2) is 23.9. The highest BCUT2D eigenvalue weighted by Gasteiger charge is 2.26. The van der Waals surface area contributed by atoms with Crippen molar-refractivity contribution < 1.29 is 9.47 Å². The first-order valence-electron chi connectivity index (χ1n) is 12.6. The van der Waals surface area contributed by atoms with Crippen LogP contribution in [-0.4, -0.2) is 40.9 Å². The van der Waals surface area contributed by atoms with Gasteiger partial charge in [0.25, 0.3) is 0 Å². The van der Waals surface area contributed by atoms with Crippen LogP contribution in [0.15, 0.2) is 0 Å². The maximum Gasteiger partial charge on any atom is 0.0987 e. The Morgan fingerprint density at radius 2 is 0.833 bits per heavy atom. The molecule has 0 heterocycles. The maximum absolute atomic E-state index is 6.27. The summed E-state index contributed by atoms with van der Waals surface area (Å²) < 4.78 is 12.5. The molecule has 0 bridgehead atoms. The minimum atomic E-state index is -0.858. The van der Waals surface area contributed by atoms with Gasteiger partial charge in [0.15, 0.2) is 0 Å². The molecule has 0 aliphatic carbocycles. The molecular formula is C22H50O2S4Si2. The molecule has 0 fully saturated rings. The van der Waals surface area contributed by atoms with Gasteiger partial charge in [0, 0.05) is 13.2 Å². The first-order chi connectivity index (χ1) is 14.7. The van der Waals surface area contributed by atoms with Crippen LogP contribution in [0.1, 0.15) is 92.9 Å². The number of hydrogen-bond acceptors (Lipinski definition) is 6. The van der Waals surface area contributed by atoms with Crippen LogP contribution < -0.4 is 0 Å². The van der Waals surface area contributed by atoms with Crippen molar-refractivity contribution >= 4 is 58.8 Å². The Morgan fingerprint density at radius 3 is 1.07 bits per heavy atom. The molecule has 0 aromatic carbocycles. The SMILES string of the molecule is CCCC[SiH](CCCC)C(OCC)SSSSC(OCC)[SiH](CCCC)CCCC. The van der Waals surface area contributed by atoms with Crippen molar-refractivity contribution in [3.8, 4) is 0 Å². The maximum atomic E-state index is 6.27. The molecule has 0 aliphatic rings. The predicted octanol–water partition coefficient (Wildman–Crippen LogP) is 9.12. The van der Waals surface area contributed by atoms with E-state index in [1.807, 2.05) is 41.2 Å². The zero-order valence-corrected chi connectivity index (χ0v) is 26.2. The van der Waals surface area contributed by atoms with Crippen LogP contribution in [0.4, 0.5) is 0 Å². The summed E-state index contributed by atoms with van der Waals surface area (Å²) in [4.78, 5) is 0. The Morgan fingerprint density at radius 1 is 0.533 bits per heavy atom.